The Labute approximate surface area is 177 Å². The van der Waals surface area contributed by atoms with Gasteiger partial charge in [-0.25, -0.2) is 9.97 Å². The minimum atomic E-state index is 0.667. The number of aromatic amines is 2. The fourth-order valence-electron chi connectivity index (χ4n) is 3.51. The average Bonchev–Trinajstić information content (AvgIpc) is 3.52. The number of fused-ring (bicyclic) bond motifs is 2. The van der Waals surface area contributed by atoms with Crippen molar-refractivity contribution in [3.05, 3.63) is 66.0 Å². The van der Waals surface area contributed by atoms with Crippen LogP contribution in [0.4, 0.5) is 0 Å². The number of thiophene rings is 1. The molecule has 2 N–H and O–H groups in total. The lowest BCUT2D eigenvalue weighted by Gasteiger charge is -2.02. The SMILES string of the molecule is CC=C(C=CCC)c1cnc2n[nH]c(-c3nc4c(-c5cccs5)cncc4[nH]3)c2c1. The van der Waals surface area contributed by atoms with Crippen LogP contribution in [-0.4, -0.2) is 30.1 Å². The van der Waals surface area contributed by atoms with Gasteiger partial charge in [0, 0.05) is 28.4 Å². The van der Waals surface area contributed by atoms with Crippen molar-refractivity contribution in [3.63, 3.8) is 0 Å². The Morgan fingerprint density at radius 3 is 2.97 bits per heavy atom. The molecule has 0 saturated heterocycles. The van der Waals surface area contributed by atoms with E-state index in [1.54, 1.807) is 17.5 Å². The molecule has 0 radical (unpaired) electrons. The van der Waals surface area contributed by atoms with Gasteiger partial charge in [0.25, 0.3) is 0 Å². The zero-order chi connectivity index (χ0) is 20.5. The molecule has 5 heterocycles. The first kappa shape index (κ1) is 18.4. The molecule has 0 unspecified atom stereocenters. The summed E-state index contributed by atoms with van der Waals surface area (Å²) in [5.74, 6) is 0.725. The topological polar surface area (TPSA) is 83.1 Å². The summed E-state index contributed by atoms with van der Waals surface area (Å²) in [4.78, 5) is 18.4. The number of pyridine rings is 2. The Kier molecular flexibility index (Phi) is 4.72. The van der Waals surface area contributed by atoms with Crippen molar-refractivity contribution in [2.75, 3.05) is 0 Å². The van der Waals surface area contributed by atoms with Crippen molar-refractivity contribution in [1.82, 2.24) is 30.1 Å². The molecule has 0 atom stereocenters. The van der Waals surface area contributed by atoms with Crippen molar-refractivity contribution in [3.8, 4) is 22.0 Å². The smallest absolute Gasteiger partial charge is 0.181 e. The van der Waals surface area contributed by atoms with Crippen LogP contribution in [0.3, 0.4) is 0 Å². The summed E-state index contributed by atoms with van der Waals surface area (Å²) in [5.41, 5.74) is 6.48. The average molecular weight is 413 g/mol. The lowest BCUT2D eigenvalue weighted by atomic mass is 10.1. The third kappa shape index (κ3) is 3.13. The Hall–Kier alpha value is -3.58. The number of imidazole rings is 1. The molecular formula is C23H20N6S. The van der Waals surface area contributed by atoms with Gasteiger partial charge in [-0.2, -0.15) is 5.10 Å². The Morgan fingerprint density at radius 2 is 2.17 bits per heavy atom. The summed E-state index contributed by atoms with van der Waals surface area (Å²) in [5, 5.41) is 10.5. The van der Waals surface area contributed by atoms with Crippen LogP contribution in [0.5, 0.6) is 0 Å². The van der Waals surface area contributed by atoms with Crippen LogP contribution >= 0.6 is 11.3 Å². The highest BCUT2D eigenvalue weighted by Crippen LogP contribution is 2.33. The maximum Gasteiger partial charge on any atom is 0.181 e. The molecule has 148 valence electrons. The fraction of sp³-hybridized carbons (Fsp3) is 0.130. The number of allylic oxidation sites excluding steroid dienone is 4. The van der Waals surface area contributed by atoms with Crippen LogP contribution < -0.4 is 0 Å². The van der Waals surface area contributed by atoms with E-state index < -0.39 is 0 Å². The number of nitrogens with zero attached hydrogens (tertiary/aromatic N) is 4. The molecule has 0 bridgehead atoms. The van der Waals surface area contributed by atoms with E-state index in [0.29, 0.717) is 5.65 Å². The number of aromatic nitrogens is 6. The lowest BCUT2D eigenvalue weighted by molar-refractivity contribution is 1.09. The van der Waals surface area contributed by atoms with Gasteiger partial charge < -0.3 is 4.98 Å². The van der Waals surface area contributed by atoms with E-state index in [1.165, 1.54) is 0 Å². The fourth-order valence-corrected chi connectivity index (χ4v) is 4.24. The normalized spacial score (nSPS) is 12.5. The van der Waals surface area contributed by atoms with Gasteiger partial charge in [-0.1, -0.05) is 31.2 Å². The van der Waals surface area contributed by atoms with Crippen molar-refractivity contribution in [2.24, 2.45) is 0 Å². The summed E-state index contributed by atoms with van der Waals surface area (Å²) in [6, 6.07) is 6.23. The third-order valence-electron chi connectivity index (χ3n) is 5.00. The molecule has 6 nitrogen and oxygen atoms in total. The monoisotopic (exact) mass is 412 g/mol. The van der Waals surface area contributed by atoms with E-state index in [9.17, 15) is 0 Å². The Balaban J connectivity index is 1.65. The van der Waals surface area contributed by atoms with Gasteiger partial charge >= 0.3 is 0 Å². The predicted octanol–water partition coefficient (Wildman–Crippen LogP) is 5.99. The first-order chi connectivity index (χ1) is 14.8. The number of nitrogens with one attached hydrogen (secondary N) is 2. The number of hydrogen-bond donors (Lipinski definition) is 2. The number of hydrogen-bond acceptors (Lipinski definition) is 5. The van der Waals surface area contributed by atoms with Gasteiger partial charge in [-0.3, -0.25) is 10.1 Å². The standard InChI is InChI=1S/C23H20N6S/c1-3-5-7-14(4-2)15-10-16-21(28-29-22(16)25-11-15)23-26-18-13-24-12-17(20(18)27-23)19-8-6-9-30-19/h4-13H,3H2,1-2H3,(H,26,27)(H,25,28,29). The lowest BCUT2D eigenvalue weighted by Crippen LogP contribution is -1.86. The largest absolute Gasteiger partial charge is 0.335 e. The van der Waals surface area contributed by atoms with Gasteiger partial charge in [-0.15, -0.1) is 11.3 Å². The predicted molar refractivity (Wildman–Crippen MR) is 123 cm³/mol. The quantitative estimate of drug-likeness (QED) is 0.347. The van der Waals surface area contributed by atoms with Gasteiger partial charge in [0.2, 0.25) is 0 Å². The molecule has 0 aromatic carbocycles. The molecular weight excluding hydrogens is 392 g/mol. The summed E-state index contributed by atoms with van der Waals surface area (Å²) in [6.07, 6.45) is 12.9. The molecule has 0 aliphatic rings. The van der Waals surface area contributed by atoms with Crippen LogP contribution in [0.25, 0.3) is 49.6 Å². The molecule has 5 aromatic heterocycles. The van der Waals surface area contributed by atoms with Crippen LogP contribution in [-0.2, 0) is 0 Å². The molecule has 0 aliphatic carbocycles. The van der Waals surface area contributed by atoms with E-state index >= 15 is 0 Å². The molecule has 0 aliphatic heterocycles. The summed E-state index contributed by atoms with van der Waals surface area (Å²) in [6.45, 7) is 4.16. The van der Waals surface area contributed by atoms with Crippen LogP contribution in [0.1, 0.15) is 25.8 Å². The third-order valence-corrected chi connectivity index (χ3v) is 5.91. The zero-order valence-electron chi connectivity index (χ0n) is 16.7. The van der Waals surface area contributed by atoms with Gasteiger partial charge in [0.05, 0.1) is 17.1 Å². The second kappa shape index (κ2) is 7.68. The van der Waals surface area contributed by atoms with E-state index in [4.69, 9.17) is 4.98 Å². The van der Waals surface area contributed by atoms with E-state index in [-0.39, 0.29) is 0 Å². The first-order valence-corrected chi connectivity index (χ1v) is 10.7. The summed E-state index contributed by atoms with van der Waals surface area (Å²) in [7, 11) is 0. The number of H-pyrrole nitrogens is 2. The Bertz CT molecular complexity index is 1390. The van der Waals surface area contributed by atoms with Gasteiger partial charge in [0.15, 0.2) is 11.5 Å². The zero-order valence-corrected chi connectivity index (χ0v) is 17.5. The molecule has 5 rings (SSSR count). The van der Waals surface area contributed by atoms with Crippen LogP contribution in [0.15, 0.2) is 60.4 Å². The Morgan fingerprint density at radius 1 is 1.23 bits per heavy atom. The van der Waals surface area contributed by atoms with Gasteiger partial charge in [-0.05, 0) is 36.4 Å². The summed E-state index contributed by atoms with van der Waals surface area (Å²) >= 11 is 1.68. The second-order valence-corrected chi connectivity index (χ2v) is 7.84. The molecule has 0 fully saturated rings. The second-order valence-electron chi connectivity index (χ2n) is 6.89. The van der Waals surface area contributed by atoms with Crippen molar-refractivity contribution < 1.29 is 0 Å². The molecule has 7 heteroatoms. The number of rotatable bonds is 5. The minimum absolute atomic E-state index is 0.667. The molecule has 5 aromatic rings. The highest BCUT2D eigenvalue weighted by Gasteiger charge is 2.16. The maximum absolute atomic E-state index is 4.89. The highest BCUT2D eigenvalue weighted by molar-refractivity contribution is 7.13. The highest BCUT2D eigenvalue weighted by atomic mass is 32.1. The summed E-state index contributed by atoms with van der Waals surface area (Å²) < 4.78 is 0. The van der Waals surface area contributed by atoms with Crippen molar-refractivity contribution in [1.29, 1.82) is 0 Å². The van der Waals surface area contributed by atoms with Gasteiger partial charge in [0.1, 0.15) is 11.2 Å². The molecule has 0 saturated carbocycles. The molecule has 0 spiro atoms. The molecule has 0 amide bonds. The molecule has 30 heavy (non-hydrogen) atoms. The van der Waals surface area contributed by atoms with E-state index in [0.717, 1.165) is 55.9 Å². The van der Waals surface area contributed by atoms with Crippen LogP contribution in [0.2, 0.25) is 0 Å². The van der Waals surface area contributed by atoms with E-state index in [2.05, 4.69) is 67.8 Å². The van der Waals surface area contributed by atoms with Crippen LogP contribution in [0, 0.1) is 0 Å². The first-order valence-electron chi connectivity index (χ1n) is 9.83. The minimum Gasteiger partial charge on any atom is -0.335 e. The van der Waals surface area contributed by atoms with Crippen molar-refractivity contribution in [2.45, 2.75) is 20.3 Å². The van der Waals surface area contributed by atoms with Crippen molar-refractivity contribution >= 4 is 39.0 Å². The maximum atomic E-state index is 4.89. The van der Waals surface area contributed by atoms with E-state index in [1.807, 2.05) is 25.4 Å².